The van der Waals surface area contributed by atoms with Crippen molar-refractivity contribution in [3.8, 4) is 28.6 Å². The maximum atomic E-state index is 13.0. The highest BCUT2D eigenvalue weighted by molar-refractivity contribution is 6.33. The Morgan fingerprint density at radius 1 is 1.00 bits per heavy atom. The number of benzene rings is 3. The minimum atomic E-state index is -0.310. The molecule has 0 spiro atoms. The molecule has 0 aliphatic heterocycles. The predicted molar refractivity (Wildman–Crippen MR) is 116 cm³/mol. The number of nitrogens with zero attached hydrogens (tertiary/aromatic N) is 2. The molecule has 1 aromatic heterocycles. The highest BCUT2D eigenvalue weighted by Gasteiger charge is 2.19. The van der Waals surface area contributed by atoms with Crippen LogP contribution < -0.4 is 10.1 Å². The number of hydrogen-bond donors (Lipinski definition) is 1. The molecule has 0 bridgehead atoms. The Balaban J connectivity index is 1.66. The van der Waals surface area contributed by atoms with Gasteiger partial charge < -0.3 is 14.6 Å². The number of aromatic nitrogens is 2. The number of carbonyl (C=O) groups is 1. The fourth-order valence-corrected chi connectivity index (χ4v) is 3.21. The van der Waals surface area contributed by atoms with Crippen molar-refractivity contribution in [2.24, 2.45) is 0 Å². The van der Waals surface area contributed by atoms with Gasteiger partial charge in [0.05, 0.1) is 28.4 Å². The van der Waals surface area contributed by atoms with Crippen molar-refractivity contribution in [3.05, 3.63) is 83.4 Å². The molecule has 150 valence electrons. The summed E-state index contributed by atoms with van der Waals surface area (Å²) in [4.78, 5) is 17.5. The molecule has 0 atom stereocenters. The topological polar surface area (TPSA) is 77.2 Å². The van der Waals surface area contributed by atoms with E-state index in [1.165, 1.54) is 0 Å². The highest BCUT2D eigenvalue weighted by Crippen LogP contribution is 2.30. The van der Waals surface area contributed by atoms with Crippen LogP contribution in [0.1, 0.15) is 17.3 Å². The monoisotopic (exact) mass is 419 g/mol. The number of nitrogens with one attached hydrogen (secondary N) is 1. The zero-order valence-corrected chi connectivity index (χ0v) is 16.9. The van der Waals surface area contributed by atoms with Gasteiger partial charge in [-0.2, -0.15) is 4.98 Å². The van der Waals surface area contributed by atoms with Crippen molar-refractivity contribution in [3.63, 3.8) is 0 Å². The van der Waals surface area contributed by atoms with Crippen molar-refractivity contribution in [2.45, 2.75) is 6.92 Å². The maximum absolute atomic E-state index is 13.0. The standard InChI is InChI=1S/C23H18ClN3O3/c1-2-29-20-14-8-7-13-19(20)25-22(28)15-9-3-4-10-16(15)23-26-21(27-30-23)17-11-5-6-12-18(17)24/h3-14H,2H2,1H3,(H,25,28). The van der Waals surface area contributed by atoms with Gasteiger partial charge in [0.2, 0.25) is 5.82 Å². The van der Waals surface area contributed by atoms with E-state index in [2.05, 4.69) is 15.5 Å². The molecular formula is C23H18ClN3O3. The number of hydrogen-bond acceptors (Lipinski definition) is 5. The number of amides is 1. The normalized spacial score (nSPS) is 10.6. The van der Waals surface area contributed by atoms with Crippen LogP contribution >= 0.6 is 11.6 Å². The van der Waals surface area contributed by atoms with E-state index in [9.17, 15) is 4.79 Å². The average molecular weight is 420 g/mol. The molecule has 7 heteroatoms. The third-order valence-corrected chi connectivity index (χ3v) is 4.71. The summed E-state index contributed by atoms with van der Waals surface area (Å²) in [7, 11) is 0. The van der Waals surface area contributed by atoms with Crippen molar-refractivity contribution < 1.29 is 14.1 Å². The van der Waals surface area contributed by atoms with Crippen molar-refractivity contribution in [1.29, 1.82) is 0 Å². The van der Waals surface area contributed by atoms with Gasteiger partial charge in [-0.05, 0) is 43.3 Å². The molecule has 0 fully saturated rings. The number of carbonyl (C=O) groups excluding carboxylic acids is 1. The second-order valence-electron chi connectivity index (χ2n) is 6.33. The summed E-state index contributed by atoms with van der Waals surface area (Å²) in [5.74, 6) is 0.876. The quantitative estimate of drug-likeness (QED) is 0.433. The second kappa shape index (κ2) is 8.80. The minimum absolute atomic E-state index is 0.230. The molecule has 4 aromatic rings. The molecule has 1 amide bonds. The van der Waals surface area contributed by atoms with E-state index in [1.807, 2.05) is 31.2 Å². The lowest BCUT2D eigenvalue weighted by atomic mass is 10.1. The van der Waals surface area contributed by atoms with Gasteiger partial charge in [-0.3, -0.25) is 4.79 Å². The van der Waals surface area contributed by atoms with Crippen LogP contribution in [-0.2, 0) is 0 Å². The van der Waals surface area contributed by atoms with Gasteiger partial charge in [0.15, 0.2) is 0 Å². The number of para-hydroxylation sites is 2. The predicted octanol–water partition coefficient (Wildman–Crippen LogP) is 5.71. The van der Waals surface area contributed by atoms with E-state index < -0.39 is 0 Å². The Bertz CT molecular complexity index is 1190. The molecule has 0 saturated carbocycles. The van der Waals surface area contributed by atoms with E-state index >= 15 is 0 Å². The van der Waals surface area contributed by atoms with Gasteiger partial charge in [-0.25, -0.2) is 0 Å². The summed E-state index contributed by atoms with van der Waals surface area (Å²) in [5.41, 5.74) is 2.16. The Labute approximate surface area is 178 Å². The zero-order valence-electron chi connectivity index (χ0n) is 16.1. The number of anilines is 1. The van der Waals surface area contributed by atoms with Gasteiger partial charge in [0.25, 0.3) is 11.8 Å². The summed E-state index contributed by atoms with van der Waals surface area (Å²) in [5, 5.41) is 7.44. The number of ether oxygens (including phenoxy) is 1. The first kappa shape index (κ1) is 19.7. The first-order valence-electron chi connectivity index (χ1n) is 9.38. The van der Waals surface area contributed by atoms with Crippen LogP contribution in [0.25, 0.3) is 22.8 Å². The molecule has 4 rings (SSSR count). The molecular weight excluding hydrogens is 402 g/mol. The number of halogens is 1. The highest BCUT2D eigenvalue weighted by atomic mass is 35.5. The minimum Gasteiger partial charge on any atom is -0.492 e. The van der Waals surface area contributed by atoms with Gasteiger partial charge in [0, 0.05) is 5.56 Å². The Morgan fingerprint density at radius 3 is 2.50 bits per heavy atom. The molecule has 0 aliphatic carbocycles. The van der Waals surface area contributed by atoms with Gasteiger partial charge in [0.1, 0.15) is 5.75 Å². The molecule has 3 aromatic carbocycles. The Hall–Kier alpha value is -3.64. The first-order valence-corrected chi connectivity index (χ1v) is 9.76. The largest absolute Gasteiger partial charge is 0.492 e. The fraction of sp³-hybridized carbons (Fsp3) is 0.0870. The Kier molecular flexibility index (Phi) is 5.77. The lowest BCUT2D eigenvalue weighted by molar-refractivity contribution is 0.102. The summed E-state index contributed by atoms with van der Waals surface area (Å²) < 4.78 is 11.0. The third-order valence-electron chi connectivity index (χ3n) is 4.38. The van der Waals surface area contributed by atoms with Crippen LogP contribution in [0.5, 0.6) is 5.75 Å². The van der Waals surface area contributed by atoms with E-state index in [4.69, 9.17) is 20.9 Å². The van der Waals surface area contributed by atoms with Crippen LogP contribution in [0, 0.1) is 0 Å². The van der Waals surface area contributed by atoms with Crippen molar-refractivity contribution in [1.82, 2.24) is 10.1 Å². The van der Waals surface area contributed by atoms with Gasteiger partial charge in [-0.15, -0.1) is 0 Å². The van der Waals surface area contributed by atoms with Crippen LogP contribution in [0.2, 0.25) is 5.02 Å². The average Bonchev–Trinajstić information content (AvgIpc) is 3.25. The molecule has 1 N–H and O–H groups in total. The molecule has 0 aliphatic rings. The second-order valence-corrected chi connectivity index (χ2v) is 6.74. The van der Waals surface area contributed by atoms with Crippen LogP contribution in [0.3, 0.4) is 0 Å². The molecule has 1 heterocycles. The van der Waals surface area contributed by atoms with Crippen LogP contribution in [0.4, 0.5) is 5.69 Å². The SMILES string of the molecule is CCOc1ccccc1NC(=O)c1ccccc1-c1nc(-c2ccccc2Cl)no1. The lowest BCUT2D eigenvalue weighted by Gasteiger charge is -2.12. The lowest BCUT2D eigenvalue weighted by Crippen LogP contribution is -2.14. The Morgan fingerprint density at radius 2 is 1.70 bits per heavy atom. The maximum Gasteiger partial charge on any atom is 0.259 e. The summed E-state index contributed by atoms with van der Waals surface area (Å²) in [6.45, 7) is 2.39. The summed E-state index contributed by atoms with van der Waals surface area (Å²) >= 11 is 6.23. The van der Waals surface area contributed by atoms with Gasteiger partial charge >= 0.3 is 0 Å². The molecule has 6 nitrogen and oxygen atoms in total. The van der Waals surface area contributed by atoms with E-state index in [0.717, 1.165) is 0 Å². The smallest absolute Gasteiger partial charge is 0.259 e. The molecule has 0 saturated heterocycles. The fourth-order valence-electron chi connectivity index (χ4n) is 2.99. The molecule has 0 radical (unpaired) electrons. The van der Waals surface area contributed by atoms with Crippen LogP contribution in [-0.4, -0.2) is 22.7 Å². The van der Waals surface area contributed by atoms with Crippen LogP contribution in [0.15, 0.2) is 77.3 Å². The summed E-state index contributed by atoms with van der Waals surface area (Å²) in [6.07, 6.45) is 0. The first-order chi connectivity index (χ1) is 14.7. The number of rotatable bonds is 6. The van der Waals surface area contributed by atoms with E-state index in [0.29, 0.717) is 45.6 Å². The summed E-state index contributed by atoms with van der Waals surface area (Å²) in [6, 6.07) is 21.5. The third kappa shape index (κ3) is 4.04. The zero-order chi connectivity index (χ0) is 20.9. The van der Waals surface area contributed by atoms with E-state index in [1.54, 1.807) is 48.5 Å². The molecule has 30 heavy (non-hydrogen) atoms. The van der Waals surface area contributed by atoms with Crippen molar-refractivity contribution >= 4 is 23.2 Å². The van der Waals surface area contributed by atoms with Crippen molar-refractivity contribution in [2.75, 3.05) is 11.9 Å². The molecule has 0 unspecified atom stereocenters. The van der Waals surface area contributed by atoms with Gasteiger partial charge in [-0.1, -0.05) is 53.2 Å². The van der Waals surface area contributed by atoms with E-state index in [-0.39, 0.29) is 11.8 Å².